The van der Waals surface area contributed by atoms with Gasteiger partial charge in [0.2, 0.25) is 11.7 Å². The van der Waals surface area contributed by atoms with Gasteiger partial charge >= 0.3 is 6.03 Å². The molecule has 1 aliphatic rings. The van der Waals surface area contributed by atoms with E-state index in [1.165, 1.54) is 4.80 Å². The molecule has 0 aliphatic carbocycles. The Morgan fingerprint density at radius 3 is 3.00 bits per heavy atom. The van der Waals surface area contributed by atoms with Crippen molar-refractivity contribution in [3.8, 4) is 11.4 Å². The molecule has 3 heterocycles. The number of aryl methyl sites for hydroxylation is 2. The van der Waals surface area contributed by atoms with Gasteiger partial charge in [0.15, 0.2) is 5.82 Å². The number of tetrazole rings is 1. The van der Waals surface area contributed by atoms with Crippen molar-refractivity contribution < 1.29 is 9.32 Å². The predicted molar refractivity (Wildman–Crippen MR) is 95.8 cm³/mol. The van der Waals surface area contributed by atoms with Crippen LogP contribution in [0.3, 0.4) is 0 Å². The van der Waals surface area contributed by atoms with Gasteiger partial charge in [0.05, 0.1) is 7.05 Å². The zero-order chi connectivity index (χ0) is 18.8. The van der Waals surface area contributed by atoms with Gasteiger partial charge in [-0.05, 0) is 30.2 Å². The molecule has 0 radical (unpaired) electrons. The Balaban J connectivity index is 1.44. The second-order valence-electron chi connectivity index (χ2n) is 6.57. The molecule has 10 nitrogen and oxygen atoms in total. The number of likely N-dealkylation sites (tertiary alicyclic amines) is 1. The first kappa shape index (κ1) is 17.1. The lowest BCUT2D eigenvalue weighted by atomic mass is 9.98. The van der Waals surface area contributed by atoms with Gasteiger partial charge in [-0.2, -0.15) is 9.78 Å². The van der Waals surface area contributed by atoms with Crippen LogP contribution in [0.15, 0.2) is 28.8 Å². The van der Waals surface area contributed by atoms with Crippen LogP contribution in [0, 0.1) is 6.92 Å². The molecule has 4 rings (SSSR count). The lowest BCUT2D eigenvalue weighted by Crippen LogP contribution is -2.41. The van der Waals surface area contributed by atoms with Crippen molar-refractivity contribution in [3.63, 3.8) is 0 Å². The number of hydrogen-bond acceptors (Lipinski definition) is 7. The maximum absolute atomic E-state index is 12.7. The monoisotopic (exact) mass is 368 g/mol. The average Bonchev–Trinajstić information content (AvgIpc) is 3.30. The molecule has 27 heavy (non-hydrogen) atoms. The fraction of sp³-hybridized carbons (Fsp3) is 0.412. The molecule has 1 unspecified atom stereocenters. The van der Waals surface area contributed by atoms with Crippen molar-refractivity contribution in [2.24, 2.45) is 7.05 Å². The van der Waals surface area contributed by atoms with E-state index >= 15 is 0 Å². The number of anilines is 1. The highest BCUT2D eigenvalue weighted by Gasteiger charge is 2.27. The van der Waals surface area contributed by atoms with Gasteiger partial charge in [-0.1, -0.05) is 17.3 Å². The molecule has 0 spiro atoms. The highest BCUT2D eigenvalue weighted by atomic mass is 16.5. The Morgan fingerprint density at radius 2 is 2.26 bits per heavy atom. The third kappa shape index (κ3) is 3.78. The number of aromatic nitrogens is 6. The van der Waals surface area contributed by atoms with E-state index < -0.39 is 0 Å². The summed E-state index contributed by atoms with van der Waals surface area (Å²) in [5.74, 6) is 1.82. The second-order valence-corrected chi connectivity index (χ2v) is 6.57. The summed E-state index contributed by atoms with van der Waals surface area (Å²) in [5, 5.41) is 19.0. The topological polar surface area (TPSA) is 115 Å². The minimum absolute atomic E-state index is 0.0945. The molecule has 2 aromatic heterocycles. The zero-order valence-corrected chi connectivity index (χ0v) is 15.2. The molecular weight excluding hydrogens is 348 g/mol. The summed E-state index contributed by atoms with van der Waals surface area (Å²) in [6, 6.07) is 7.25. The normalized spacial score (nSPS) is 17.1. The molecule has 2 amide bonds. The highest BCUT2D eigenvalue weighted by Crippen LogP contribution is 2.26. The summed E-state index contributed by atoms with van der Waals surface area (Å²) >= 11 is 0. The Morgan fingerprint density at radius 1 is 1.37 bits per heavy atom. The average molecular weight is 368 g/mol. The van der Waals surface area contributed by atoms with Crippen molar-refractivity contribution in [1.82, 2.24) is 35.2 Å². The number of amides is 2. The third-order valence-corrected chi connectivity index (χ3v) is 4.50. The number of hydrogen-bond donors (Lipinski definition) is 1. The molecule has 0 saturated carbocycles. The van der Waals surface area contributed by atoms with Gasteiger partial charge in [-0.15, -0.1) is 10.2 Å². The first-order valence-electron chi connectivity index (χ1n) is 8.79. The molecule has 3 aromatic rings. The van der Waals surface area contributed by atoms with Crippen molar-refractivity contribution in [2.75, 3.05) is 18.4 Å². The van der Waals surface area contributed by atoms with Crippen LogP contribution in [0.1, 0.15) is 30.5 Å². The summed E-state index contributed by atoms with van der Waals surface area (Å²) in [7, 11) is 1.71. The van der Waals surface area contributed by atoms with E-state index in [4.69, 9.17) is 4.52 Å². The number of carbonyl (C=O) groups excluding carboxylic acids is 1. The number of carbonyl (C=O) groups is 1. The van der Waals surface area contributed by atoms with Crippen LogP contribution >= 0.6 is 0 Å². The van der Waals surface area contributed by atoms with E-state index in [0.29, 0.717) is 36.3 Å². The minimum Gasteiger partial charge on any atom is -0.340 e. The quantitative estimate of drug-likeness (QED) is 0.751. The Hall–Kier alpha value is -3.30. The lowest BCUT2D eigenvalue weighted by molar-refractivity contribution is 0.190. The first-order valence-corrected chi connectivity index (χ1v) is 8.79. The van der Waals surface area contributed by atoms with Gasteiger partial charge in [0.25, 0.3) is 0 Å². The van der Waals surface area contributed by atoms with E-state index in [2.05, 4.69) is 30.9 Å². The fourth-order valence-electron chi connectivity index (χ4n) is 3.19. The van der Waals surface area contributed by atoms with E-state index in [9.17, 15) is 4.79 Å². The van der Waals surface area contributed by atoms with Crippen LogP contribution in [0.5, 0.6) is 0 Å². The molecule has 1 atom stereocenters. The van der Waals surface area contributed by atoms with Gasteiger partial charge in [0, 0.05) is 37.2 Å². The van der Waals surface area contributed by atoms with Crippen LogP contribution in [-0.2, 0) is 7.05 Å². The number of piperidine rings is 1. The van der Waals surface area contributed by atoms with Gasteiger partial charge in [-0.25, -0.2) is 4.79 Å². The molecule has 1 aromatic carbocycles. The number of benzene rings is 1. The molecule has 1 saturated heterocycles. The minimum atomic E-state index is -0.149. The summed E-state index contributed by atoms with van der Waals surface area (Å²) in [6.07, 6.45) is 1.84. The smallest absolute Gasteiger partial charge is 0.321 e. The molecule has 10 heteroatoms. The van der Waals surface area contributed by atoms with Crippen LogP contribution < -0.4 is 5.32 Å². The predicted octanol–water partition coefficient (Wildman–Crippen LogP) is 1.98. The number of rotatable bonds is 3. The van der Waals surface area contributed by atoms with Gasteiger partial charge in [0.1, 0.15) is 0 Å². The van der Waals surface area contributed by atoms with E-state index in [-0.39, 0.29) is 11.9 Å². The summed E-state index contributed by atoms with van der Waals surface area (Å²) < 4.78 is 5.07. The number of nitrogens with zero attached hydrogens (tertiary/aromatic N) is 7. The Bertz CT molecular complexity index is 950. The van der Waals surface area contributed by atoms with Crippen LogP contribution in [0.25, 0.3) is 11.4 Å². The first-order chi connectivity index (χ1) is 13.1. The van der Waals surface area contributed by atoms with E-state index in [1.54, 1.807) is 18.9 Å². The molecule has 1 N–H and O–H groups in total. The maximum Gasteiger partial charge on any atom is 0.321 e. The van der Waals surface area contributed by atoms with Crippen molar-refractivity contribution in [2.45, 2.75) is 25.7 Å². The largest absolute Gasteiger partial charge is 0.340 e. The fourth-order valence-corrected chi connectivity index (χ4v) is 3.19. The van der Waals surface area contributed by atoms with Crippen LogP contribution in [0.4, 0.5) is 10.5 Å². The van der Waals surface area contributed by atoms with E-state index in [1.807, 2.05) is 24.3 Å². The number of urea groups is 1. The van der Waals surface area contributed by atoms with Crippen molar-refractivity contribution >= 4 is 11.7 Å². The molecule has 0 bridgehead atoms. The number of nitrogens with one attached hydrogen (secondary N) is 1. The zero-order valence-electron chi connectivity index (χ0n) is 15.2. The maximum atomic E-state index is 12.7. The second kappa shape index (κ2) is 7.14. The van der Waals surface area contributed by atoms with Gasteiger partial charge in [-0.3, -0.25) is 0 Å². The standard InChI is InChI=1S/C17H20N8O2/c1-11-18-15(22-27-11)13-6-4-8-25(10-13)17(26)19-14-7-3-5-12(9-14)16-20-23-24(2)21-16/h3,5,7,9,13H,4,6,8,10H2,1-2H3,(H,19,26). The van der Waals surface area contributed by atoms with Gasteiger partial charge < -0.3 is 14.7 Å². The molecular formula is C17H20N8O2. The third-order valence-electron chi connectivity index (χ3n) is 4.50. The van der Waals surface area contributed by atoms with Crippen LogP contribution in [0.2, 0.25) is 0 Å². The summed E-state index contributed by atoms with van der Waals surface area (Å²) in [6.45, 7) is 3.03. The van der Waals surface area contributed by atoms with Crippen molar-refractivity contribution in [1.29, 1.82) is 0 Å². The summed E-state index contributed by atoms with van der Waals surface area (Å²) in [4.78, 5) is 20.2. The lowest BCUT2D eigenvalue weighted by Gasteiger charge is -2.31. The molecule has 1 fully saturated rings. The SMILES string of the molecule is Cc1nc(C2CCCN(C(=O)Nc3cccc(-c4nnn(C)n4)c3)C2)no1. The van der Waals surface area contributed by atoms with Crippen molar-refractivity contribution in [3.05, 3.63) is 36.0 Å². The van der Waals surface area contributed by atoms with Crippen LogP contribution in [-0.4, -0.2) is 54.4 Å². The Kier molecular flexibility index (Phi) is 4.53. The highest BCUT2D eigenvalue weighted by molar-refractivity contribution is 5.90. The Labute approximate surface area is 155 Å². The molecule has 1 aliphatic heterocycles. The van der Waals surface area contributed by atoms with E-state index in [0.717, 1.165) is 18.4 Å². The molecule has 140 valence electrons. The summed E-state index contributed by atoms with van der Waals surface area (Å²) in [5.41, 5.74) is 1.47.